The zero-order valence-corrected chi connectivity index (χ0v) is 12.5. The number of aryl methyl sites for hydroxylation is 3. The van der Waals surface area contributed by atoms with Gasteiger partial charge in [0.1, 0.15) is 5.75 Å². The van der Waals surface area contributed by atoms with E-state index in [0.717, 1.165) is 16.7 Å². The van der Waals surface area contributed by atoms with Crippen molar-refractivity contribution in [2.45, 2.75) is 47.5 Å². The number of esters is 1. The maximum atomic E-state index is 11.6. The summed E-state index contributed by atoms with van der Waals surface area (Å²) < 4.78 is 5.22. The molecule has 106 valence electrons. The van der Waals surface area contributed by atoms with Crippen molar-refractivity contribution < 1.29 is 14.6 Å². The molecule has 0 amide bonds. The van der Waals surface area contributed by atoms with Crippen LogP contribution in [0.4, 0.5) is 0 Å². The molecule has 0 unspecified atom stereocenters. The number of aromatic hydroxyl groups is 1. The van der Waals surface area contributed by atoms with Gasteiger partial charge in [-0.3, -0.25) is 4.79 Å². The Bertz CT molecular complexity index is 433. The molecule has 1 aromatic carbocycles. The Hall–Kier alpha value is -1.51. The quantitative estimate of drug-likeness (QED) is 0.846. The van der Waals surface area contributed by atoms with E-state index < -0.39 is 0 Å². The van der Waals surface area contributed by atoms with Crippen LogP contribution in [0.2, 0.25) is 0 Å². The molecule has 1 N–H and O–H groups in total. The molecule has 0 saturated heterocycles. The van der Waals surface area contributed by atoms with E-state index in [9.17, 15) is 9.90 Å². The summed E-state index contributed by atoms with van der Waals surface area (Å²) >= 11 is 0. The minimum Gasteiger partial charge on any atom is -0.507 e. The number of carbonyl (C=O) groups excluding carboxylic acids is 1. The number of benzene rings is 1. The van der Waals surface area contributed by atoms with Crippen LogP contribution < -0.4 is 0 Å². The van der Waals surface area contributed by atoms with E-state index in [-0.39, 0.29) is 11.4 Å². The maximum Gasteiger partial charge on any atom is 0.306 e. The summed E-state index contributed by atoms with van der Waals surface area (Å²) in [5.74, 6) is 0.164. The van der Waals surface area contributed by atoms with Crippen molar-refractivity contribution in [3.05, 3.63) is 28.8 Å². The van der Waals surface area contributed by atoms with Crippen LogP contribution >= 0.6 is 0 Å². The minimum atomic E-state index is -0.168. The zero-order valence-electron chi connectivity index (χ0n) is 12.5. The summed E-state index contributed by atoms with van der Waals surface area (Å²) in [5.41, 5.74) is 2.75. The molecule has 0 radical (unpaired) electrons. The van der Waals surface area contributed by atoms with E-state index >= 15 is 0 Å². The highest BCUT2D eigenvalue weighted by Gasteiger charge is 2.14. The lowest BCUT2D eigenvalue weighted by molar-refractivity contribution is -0.146. The number of hydrogen-bond acceptors (Lipinski definition) is 3. The van der Waals surface area contributed by atoms with E-state index in [0.29, 0.717) is 25.2 Å². The van der Waals surface area contributed by atoms with E-state index in [2.05, 4.69) is 0 Å². The van der Waals surface area contributed by atoms with E-state index in [1.807, 2.05) is 46.8 Å². The fourth-order valence-corrected chi connectivity index (χ4v) is 1.81. The third-order valence-corrected chi connectivity index (χ3v) is 2.83. The Morgan fingerprint density at radius 3 is 2.21 bits per heavy atom. The van der Waals surface area contributed by atoms with Crippen molar-refractivity contribution in [1.82, 2.24) is 0 Å². The van der Waals surface area contributed by atoms with Crippen molar-refractivity contribution in [3.63, 3.8) is 0 Å². The van der Waals surface area contributed by atoms with E-state index in [1.165, 1.54) is 0 Å². The molecular formula is C16H24O3. The summed E-state index contributed by atoms with van der Waals surface area (Å²) in [5, 5.41) is 9.69. The van der Waals surface area contributed by atoms with Gasteiger partial charge in [-0.25, -0.2) is 0 Å². The Balaban J connectivity index is 2.51. The smallest absolute Gasteiger partial charge is 0.306 e. The summed E-state index contributed by atoms with van der Waals surface area (Å²) in [6.07, 6.45) is 1.02. The van der Waals surface area contributed by atoms with E-state index in [1.54, 1.807) is 0 Å². The standard InChI is InChI=1S/C16H24O3/c1-11-8-13(9-12(2)15(11)18)6-7-14(17)19-10-16(3,4)5/h8-9,18H,6-7,10H2,1-5H3. The van der Waals surface area contributed by atoms with Gasteiger partial charge in [0.05, 0.1) is 6.61 Å². The zero-order chi connectivity index (χ0) is 14.6. The number of phenolic OH excluding ortho intramolecular Hbond substituents is 1. The molecule has 0 atom stereocenters. The van der Waals surface area contributed by atoms with Crippen LogP contribution in [0.15, 0.2) is 12.1 Å². The maximum absolute atomic E-state index is 11.6. The van der Waals surface area contributed by atoms with Crippen molar-refractivity contribution in [3.8, 4) is 5.75 Å². The molecule has 0 heterocycles. The average Bonchev–Trinajstić information content (AvgIpc) is 2.29. The van der Waals surface area contributed by atoms with Crippen LogP contribution in [0.5, 0.6) is 5.75 Å². The summed E-state index contributed by atoms with van der Waals surface area (Å²) in [6.45, 7) is 10.3. The third kappa shape index (κ3) is 5.33. The third-order valence-electron chi connectivity index (χ3n) is 2.83. The van der Waals surface area contributed by atoms with Gasteiger partial charge in [-0.2, -0.15) is 0 Å². The first kappa shape index (κ1) is 15.5. The number of carbonyl (C=O) groups is 1. The Kier molecular flexibility index (Phi) is 4.98. The van der Waals surface area contributed by atoms with Gasteiger partial charge in [-0.1, -0.05) is 32.9 Å². The topological polar surface area (TPSA) is 46.5 Å². The highest BCUT2D eigenvalue weighted by Crippen LogP contribution is 2.23. The molecule has 1 aromatic rings. The number of phenols is 1. The summed E-state index contributed by atoms with van der Waals surface area (Å²) in [7, 11) is 0. The number of hydrogen-bond donors (Lipinski definition) is 1. The van der Waals surface area contributed by atoms with Gasteiger partial charge in [-0.05, 0) is 42.4 Å². The molecular weight excluding hydrogens is 240 g/mol. The van der Waals surface area contributed by atoms with Gasteiger partial charge in [0.25, 0.3) is 0 Å². The highest BCUT2D eigenvalue weighted by molar-refractivity contribution is 5.69. The van der Waals surface area contributed by atoms with Crippen LogP contribution in [0.1, 0.15) is 43.9 Å². The molecule has 0 aromatic heterocycles. The molecule has 0 bridgehead atoms. The molecule has 3 heteroatoms. The molecule has 0 aliphatic heterocycles. The monoisotopic (exact) mass is 264 g/mol. The van der Waals surface area contributed by atoms with Gasteiger partial charge in [0.2, 0.25) is 0 Å². The van der Waals surface area contributed by atoms with Crippen LogP contribution in [0.3, 0.4) is 0 Å². The van der Waals surface area contributed by atoms with Crippen molar-refractivity contribution in [1.29, 1.82) is 0 Å². The second-order valence-electron chi connectivity index (χ2n) is 6.30. The SMILES string of the molecule is Cc1cc(CCC(=O)OCC(C)(C)C)cc(C)c1O. The average molecular weight is 264 g/mol. The number of ether oxygens (including phenoxy) is 1. The minimum absolute atomic E-state index is 0.00136. The van der Waals surface area contributed by atoms with Crippen LogP contribution in [0, 0.1) is 19.3 Å². The normalized spacial score (nSPS) is 11.4. The molecule has 0 fully saturated rings. The first-order valence-electron chi connectivity index (χ1n) is 6.64. The second kappa shape index (κ2) is 6.09. The van der Waals surface area contributed by atoms with E-state index in [4.69, 9.17) is 4.74 Å². The van der Waals surface area contributed by atoms with Crippen molar-refractivity contribution >= 4 is 5.97 Å². The molecule has 0 spiro atoms. The second-order valence-corrected chi connectivity index (χ2v) is 6.30. The van der Waals surface area contributed by atoms with Gasteiger partial charge in [0, 0.05) is 6.42 Å². The summed E-state index contributed by atoms with van der Waals surface area (Å²) in [6, 6.07) is 3.83. The molecule has 0 aliphatic carbocycles. The molecule has 0 saturated carbocycles. The summed E-state index contributed by atoms with van der Waals surface area (Å²) in [4.78, 5) is 11.6. The van der Waals surface area contributed by atoms with Crippen LogP contribution in [-0.4, -0.2) is 17.7 Å². The fraction of sp³-hybridized carbons (Fsp3) is 0.562. The lowest BCUT2D eigenvalue weighted by atomic mass is 9.98. The van der Waals surface area contributed by atoms with Gasteiger partial charge in [-0.15, -0.1) is 0 Å². The van der Waals surface area contributed by atoms with Gasteiger partial charge < -0.3 is 9.84 Å². The first-order chi connectivity index (χ1) is 8.69. The molecule has 19 heavy (non-hydrogen) atoms. The highest BCUT2D eigenvalue weighted by atomic mass is 16.5. The lowest BCUT2D eigenvalue weighted by Gasteiger charge is -2.17. The molecule has 0 aliphatic rings. The van der Waals surface area contributed by atoms with Crippen LogP contribution in [0.25, 0.3) is 0 Å². The predicted octanol–water partition coefficient (Wildman–Crippen LogP) is 3.53. The van der Waals surface area contributed by atoms with Gasteiger partial charge in [0.15, 0.2) is 0 Å². The lowest BCUT2D eigenvalue weighted by Crippen LogP contribution is -2.18. The number of rotatable bonds is 4. The fourth-order valence-electron chi connectivity index (χ4n) is 1.81. The predicted molar refractivity (Wildman–Crippen MR) is 76.3 cm³/mol. The largest absolute Gasteiger partial charge is 0.507 e. The molecule has 3 nitrogen and oxygen atoms in total. The van der Waals surface area contributed by atoms with Crippen molar-refractivity contribution in [2.75, 3.05) is 6.61 Å². The van der Waals surface area contributed by atoms with Crippen molar-refractivity contribution in [2.24, 2.45) is 5.41 Å². The van der Waals surface area contributed by atoms with Gasteiger partial charge >= 0.3 is 5.97 Å². The van der Waals surface area contributed by atoms with Crippen LogP contribution in [-0.2, 0) is 16.0 Å². The molecule has 1 rings (SSSR count). The Labute approximate surface area is 115 Å². The first-order valence-corrected chi connectivity index (χ1v) is 6.64. The Morgan fingerprint density at radius 2 is 1.74 bits per heavy atom. The Morgan fingerprint density at radius 1 is 1.21 bits per heavy atom.